The number of methoxy groups -OCH3 is 2. The van der Waals surface area contributed by atoms with Crippen LogP contribution in [0.25, 0.3) is 22.3 Å². The molecule has 0 saturated carbocycles. The molecule has 2 heterocycles. The van der Waals surface area contributed by atoms with Crippen LogP contribution in [0.15, 0.2) is 51.7 Å². The Morgan fingerprint density at radius 1 is 1.12 bits per heavy atom. The third kappa shape index (κ3) is 4.55. The zero-order valence-corrected chi connectivity index (χ0v) is 18.0. The molecule has 2 aromatic carbocycles. The molecule has 3 aromatic rings. The van der Waals surface area contributed by atoms with Gasteiger partial charge in [-0.3, -0.25) is 9.59 Å². The average molecular weight is 439 g/mol. The van der Waals surface area contributed by atoms with Crippen molar-refractivity contribution in [3.63, 3.8) is 0 Å². The molecule has 1 aliphatic heterocycles. The van der Waals surface area contributed by atoms with Crippen molar-refractivity contribution in [1.82, 2.24) is 5.32 Å². The molecule has 8 heteroatoms. The van der Waals surface area contributed by atoms with Gasteiger partial charge in [-0.15, -0.1) is 0 Å². The van der Waals surface area contributed by atoms with Crippen LogP contribution < -0.4 is 25.0 Å². The first-order chi connectivity index (χ1) is 15.6. The Morgan fingerprint density at radius 3 is 2.69 bits per heavy atom. The molecule has 1 N–H and O–H groups in total. The lowest BCUT2D eigenvalue weighted by molar-refractivity contribution is -0.123. The van der Waals surface area contributed by atoms with Gasteiger partial charge in [0.25, 0.3) is 5.91 Å². The molecule has 32 heavy (non-hydrogen) atoms. The normalized spacial score (nSPS) is 15.5. The van der Waals surface area contributed by atoms with E-state index in [9.17, 15) is 9.59 Å². The van der Waals surface area contributed by atoms with E-state index in [1.807, 2.05) is 0 Å². The van der Waals surface area contributed by atoms with Crippen LogP contribution in [0.2, 0.25) is 0 Å². The highest BCUT2D eigenvalue weighted by Crippen LogP contribution is 2.36. The number of hydrogen-bond acceptors (Lipinski definition) is 7. The summed E-state index contributed by atoms with van der Waals surface area (Å²) in [7, 11) is 3.06. The number of rotatable bonds is 8. The molecule has 0 aliphatic carbocycles. The summed E-state index contributed by atoms with van der Waals surface area (Å²) >= 11 is 0. The SMILES string of the molecule is COc1ccc(-c2oc3ccccc3c(=O)c2OCC(=O)NCC2CCCO2)cc1OC. The number of benzene rings is 2. The van der Waals surface area contributed by atoms with Crippen molar-refractivity contribution in [1.29, 1.82) is 0 Å². The van der Waals surface area contributed by atoms with Gasteiger partial charge in [0, 0.05) is 18.7 Å². The highest BCUT2D eigenvalue weighted by molar-refractivity contribution is 5.83. The second kappa shape index (κ2) is 9.74. The van der Waals surface area contributed by atoms with Gasteiger partial charge in [0.15, 0.2) is 23.9 Å². The third-order valence-electron chi connectivity index (χ3n) is 5.30. The van der Waals surface area contributed by atoms with Crippen molar-refractivity contribution >= 4 is 16.9 Å². The van der Waals surface area contributed by atoms with E-state index >= 15 is 0 Å². The zero-order chi connectivity index (χ0) is 22.5. The molecule has 1 aromatic heterocycles. The van der Waals surface area contributed by atoms with E-state index < -0.39 is 0 Å². The molecule has 1 saturated heterocycles. The fourth-order valence-corrected chi connectivity index (χ4v) is 3.65. The van der Waals surface area contributed by atoms with Crippen LogP contribution in [0.4, 0.5) is 0 Å². The van der Waals surface area contributed by atoms with E-state index in [2.05, 4.69) is 5.32 Å². The van der Waals surface area contributed by atoms with Crippen molar-refractivity contribution in [2.24, 2.45) is 0 Å². The van der Waals surface area contributed by atoms with Gasteiger partial charge in [-0.05, 0) is 43.2 Å². The predicted molar refractivity (Wildman–Crippen MR) is 119 cm³/mol. The minimum atomic E-state index is -0.358. The Hall–Kier alpha value is -3.52. The van der Waals surface area contributed by atoms with Crippen LogP contribution in [0, 0.1) is 0 Å². The smallest absolute Gasteiger partial charge is 0.258 e. The van der Waals surface area contributed by atoms with Gasteiger partial charge in [-0.25, -0.2) is 0 Å². The fourth-order valence-electron chi connectivity index (χ4n) is 3.65. The van der Waals surface area contributed by atoms with Crippen molar-refractivity contribution in [2.75, 3.05) is 34.0 Å². The predicted octanol–water partition coefficient (Wildman–Crippen LogP) is 3.15. The lowest BCUT2D eigenvalue weighted by Crippen LogP contribution is -2.35. The van der Waals surface area contributed by atoms with Gasteiger partial charge in [-0.2, -0.15) is 0 Å². The average Bonchev–Trinajstić information content (AvgIpc) is 3.35. The Bertz CT molecular complexity index is 1160. The molecule has 0 radical (unpaired) electrons. The van der Waals surface area contributed by atoms with E-state index in [4.69, 9.17) is 23.4 Å². The van der Waals surface area contributed by atoms with Gasteiger partial charge >= 0.3 is 0 Å². The van der Waals surface area contributed by atoms with Crippen LogP contribution in [-0.4, -0.2) is 46.0 Å². The largest absolute Gasteiger partial charge is 0.493 e. The molecule has 0 spiro atoms. The minimum Gasteiger partial charge on any atom is -0.493 e. The van der Waals surface area contributed by atoms with E-state index in [1.165, 1.54) is 14.2 Å². The lowest BCUT2D eigenvalue weighted by atomic mass is 10.1. The number of carbonyl (C=O) groups excluding carboxylic acids is 1. The monoisotopic (exact) mass is 439 g/mol. The molecular formula is C24H25NO7. The maximum absolute atomic E-state index is 13.2. The Balaban J connectivity index is 1.65. The summed E-state index contributed by atoms with van der Waals surface area (Å²) in [4.78, 5) is 25.5. The first kappa shape index (κ1) is 21.7. The second-order valence-corrected chi connectivity index (χ2v) is 7.38. The summed E-state index contributed by atoms with van der Waals surface area (Å²) in [5.74, 6) is 0.840. The molecule has 4 rings (SSSR count). The van der Waals surface area contributed by atoms with Gasteiger partial charge in [0.1, 0.15) is 5.58 Å². The van der Waals surface area contributed by atoms with Crippen LogP contribution in [0.5, 0.6) is 17.2 Å². The number of nitrogens with one attached hydrogen (secondary N) is 1. The number of fused-ring (bicyclic) bond motifs is 1. The minimum absolute atomic E-state index is 0.0204. The van der Waals surface area contributed by atoms with Gasteiger partial charge < -0.3 is 28.7 Å². The summed E-state index contributed by atoms with van der Waals surface area (Å²) in [6, 6.07) is 12.0. The van der Waals surface area contributed by atoms with E-state index in [0.717, 1.165) is 12.8 Å². The number of para-hydroxylation sites is 1. The van der Waals surface area contributed by atoms with Crippen LogP contribution in [-0.2, 0) is 9.53 Å². The van der Waals surface area contributed by atoms with Crippen LogP contribution in [0.1, 0.15) is 12.8 Å². The summed E-state index contributed by atoms with van der Waals surface area (Å²) < 4.78 is 27.9. The van der Waals surface area contributed by atoms with E-state index in [0.29, 0.717) is 41.2 Å². The molecule has 1 amide bonds. The van der Waals surface area contributed by atoms with Crippen LogP contribution in [0.3, 0.4) is 0 Å². The van der Waals surface area contributed by atoms with Crippen molar-refractivity contribution in [3.8, 4) is 28.6 Å². The maximum atomic E-state index is 13.2. The lowest BCUT2D eigenvalue weighted by Gasteiger charge is -2.14. The number of amides is 1. The van der Waals surface area contributed by atoms with Crippen molar-refractivity contribution < 1.29 is 28.2 Å². The molecule has 0 bridgehead atoms. The first-order valence-electron chi connectivity index (χ1n) is 10.4. The van der Waals surface area contributed by atoms with Gasteiger partial charge in [-0.1, -0.05) is 12.1 Å². The molecule has 1 atom stereocenters. The first-order valence-corrected chi connectivity index (χ1v) is 10.4. The van der Waals surface area contributed by atoms with Crippen LogP contribution >= 0.6 is 0 Å². The molecule has 1 fully saturated rings. The molecular weight excluding hydrogens is 414 g/mol. The van der Waals surface area contributed by atoms with Crippen molar-refractivity contribution in [2.45, 2.75) is 18.9 Å². The molecule has 168 valence electrons. The van der Waals surface area contributed by atoms with Gasteiger partial charge in [0.2, 0.25) is 11.2 Å². The number of ether oxygens (including phenoxy) is 4. The second-order valence-electron chi connectivity index (χ2n) is 7.38. The third-order valence-corrected chi connectivity index (χ3v) is 5.30. The Labute approximate surface area is 185 Å². The molecule has 8 nitrogen and oxygen atoms in total. The summed E-state index contributed by atoms with van der Waals surface area (Å²) in [6.45, 7) is 0.803. The molecule has 1 unspecified atom stereocenters. The zero-order valence-electron chi connectivity index (χ0n) is 18.0. The quantitative estimate of drug-likeness (QED) is 0.576. The number of hydrogen-bond donors (Lipinski definition) is 1. The Kier molecular flexibility index (Phi) is 6.61. The number of carbonyl (C=O) groups is 1. The maximum Gasteiger partial charge on any atom is 0.258 e. The van der Waals surface area contributed by atoms with E-state index in [1.54, 1.807) is 42.5 Å². The summed E-state index contributed by atoms with van der Waals surface area (Å²) in [6.07, 6.45) is 1.93. The van der Waals surface area contributed by atoms with Gasteiger partial charge in [0.05, 0.1) is 25.7 Å². The summed E-state index contributed by atoms with van der Waals surface area (Å²) in [5, 5.41) is 3.15. The fraction of sp³-hybridized carbons (Fsp3) is 0.333. The molecule has 1 aliphatic rings. The van der Waals surface area contributed by atoms with E-state index in [-0.39, 0.29) is 35.6 Å². The topological polar surface area (TPSA) is 96.2 Å². The Morgan fingerprint density at radius 2 is 1.94 bits per heavy atom. The standard InChI is InChI=1S/C24H25NO7/c1-28-19-10-9-15(12-20(19)29-2)23-24(22(27)17-7-3-4-8-18(17)32-23)31-14-21(26)25-13-16-6-5-11-30-16/h3-4,7-10,12,16H,5-6,11,13-14H2,1-2H3,(H,25,26). The highest BCUT2D eigenvalue weighted by Gasteiger charge is 2.21. The summed E-state index contributed by atoms with van der Waals surface area (Å²) in [5.41, 5.74) is 0.612. The van der Waals surface area contributed by atoms with Crippen molar-refractivity contribution in [3.05, 3.63) is 52.7 Å². The highest BCUT2D eigenvalue weighted by atomic mass is 16.5.